The number of halogens is 2. The molecule has 0 saturated carbocycles. The van der Waals surface area contributed by atoms with E-state index < -0.39 is 25.9 Å². The molecule has 0 bridgehead atoms. The zero-order chi connectivity index (χ0) is 40.7. The van der Waals surface area contributed by atoms with E-state index in [1.807, 2.05) is 0 Å². The topological polar surface area (TPSA) is 0 Å². The van der Waals surface area contributed by atoms with Crippen LogP contribution in [0.1, 0.15) is 102 Å². The van der Waals surface area contributed by atoms with E-state index in [1.54, 1.807) is 0 Å². The van der Waals surface area contributed by atoms with Crippen LogP contribution in [0.3, 0.4) is 0 Å². The van der Waals surface area contributed by atoms with E-state index in [0.717, 1.165) is 25.7 Å². The van der Waals surface area contributed by atoms with Crippen molar-refractivity contribution < 1.29 is 16.4 Å². The van der Waals surface area contributed by atoms with Crippen LogP contribution in [0.15, 0.2) is 114 Å². The number of hydrogen-bond acceptors (Lipinski definition) is 0. The molecule has 2 atom stereocenters. The Labute approximate surface area is 357 Å². The standard InChI is InChI=1S/2C21H23.C12H9Si.2ClH.Zr/c2*1-5-7-17-12-18-8-6-9-19(21(18)13-17)20-11-14(2)10-15(3)16(20)4;1-3-7-11-9(5-1)10-6-2-4-8-12(10)13-11;;;/h2*6,8-13H,5,7H2,1-4H3;1-7H,13H2;2*1H;/q;;;;;+2/p-2. The van der Waals surface area contributed by atoms with Gasteiger partial charge in [0.05, 0.1) is 0 Å². The molecule has 0 N–H and O–H groups in total. The van der Waals surface area contributed by atoms with E-state index >= 15 is 0 Å². The summed E-state index contributed by atoms with van der Waals surface area (Å²) in [6.07, 6.45) is 9.09. The molecule has 6 aromatic rings. The van der Waals surface area contributed by atoms with Gasteiger partial charge < -0.3 is 0 Å². The Morgan fingerprint density at radius 2 is 0.983 bits per heavy atom. The Morgan fingerprint density at radius 1 is 0.517 bits per heavy atom. The Balaban J connectivity index is 1.38. The van der Waals surface area contributed by atoms with Crippen LogP contribution in [0.4, 0.5) is 0 Å². The molecule has 9 rings (SSSR count). The molecule has 0 aromatic heterocycles. The van der Waals surface area contributed by atoms with Gasteiger partial charge in [-0.15, -0.1) is 0 Å². The monoisotopic (exact) mass is 891 g/mol. The van der Waals surface area contributed by atoms with Crippen molar-refractivity contribution >= 4 is 52.3 Å². The molecule has 0 saturated heterocycles. The number of benzene rings is 6. The van der Waals surface area contributed by atoms with Crippen LogP contribution in [0.25, 0.3) is 45.5 Å². The SMILES string of the molecule is CCCC1=Cc2c(-c3cc(C)cc(C)c3C)cccc2[CH]1[Zr]([Cl])([Cl])([c]1cccc2c1[SiH2]c1ccccc1-2)[CH]1C(CCC)=Cc2c(-c3cc(C)cc(C)c3C)cccc21. The first-order valence-corrected chi connectivity index (χ1v) is 33.3. The number of hydrogen-bond donors (Lipinski definition) is 0. The average Bonchev–Trinajstić information content (AvgIpc) is 3.90. The summed E-state index contributed by atoms with van der Waals surface area (Å²) in [7, 11) is 17.9. The fraction of sp³-hybridized carbons (Fsp3) is 0.259. The summed E-state index contributed by atoms with van der Waals surface area (Å²) in [5.74, 6) is 0. The first-order valence-electron chi connectivity index (χ1n) is 21.5. The van der Waals surface area contributed by atoms with E-state index in [-0.39, 0.29) is 7.25 Å². The molecule has 0 radical (unpaired) electrons. The van der Waals surface area contributed by atoms with Gasteiger partial charge in [-0.3, -0.25) is 0 Å². The van der Waals surface area contributed by atoms with E-state index in [1.165, 1.54) is 114 Å². The Hall–Kier alpha value is -3.52. The van der Waals surface area contributed by atoms with Crippen LogP contribution >= 0.6 is 17.0 Å². The summed E-state index contributed by atoms with van der Waals surface area (Å²) < 4.78 is 1.17. The van der Waals surface area contributed by atoms with Gasteiger partial charge in [0.1, 0.15) is 0 Å². The van der Waals surface area contributed by atoms with Crippen molar-refractivity contribution in [3.05, 3.63) is 170 Å². The van der Waals surface area contributed by atoms with Gasteiger partial charge in [-0.2, -0.15) is 0 Å². The summed E-state index contributed by atoms with van der Waals surface area (Å²) in [6.45, 7) is 18.1. The maximum atomic E-state index is 9.35. The summed E-state index contributed by atoms with van der Waals surface area (Å²) in [5.41, 5.74) is 24.0. The Bertz CT molecular complexity index is 2610. The molecule has 0 spiro atoms. The first-order chi connectivity index (χ1) is 27.8. The van der Waals surface area contributed by atoms with E-state index in [4.69, 9.17) is 0 Å². The second-order valence-corrected chi connectivity index (χ2v) is 40.2. The van der Waals surface area contributed by atoms with Crippen molar-refractivity contribution in [2.75, 3.05) is 0 Å². The minimum atomic E-state index is -5.60. The van der Waals surface area contributed by atoms with Gasteiger partial charge >= 0.3 is 360 Å². The number of aryl methyl sites for hydroxylation is 4. The second kappa shape index (κ2) is 14.9. The first kappa shape index (κ1) is 39.9. The van der Waals surface area contributed by atoms with Crippen molar-refractivity contribution in [3.63, 3.8) is 0 Å². The minimum absolute atomic E-state index is 0.0714. The van der Waals surface area contributed by atoms with E-state index in [2.05, 4.69) is 171 Å². The third-order valence-corrected chi connectivity index (χ3v) is 36.8. The molecule has 0 amide bonds. The van der Waals surface area contributed by atoms with Crippen LogP contribution in [0, 0.1) is 41.5 Å². The molecule has 3 aliphatic rings. The fourth-order valence-electron chi connectivity index (χ4n) is 11.4. The summed E-state index contributed by atoms with van der Waals surface area (Å²) >= 11 is -5.60. The zero-order valence-electron chi connectivity index (χ0n) is 35.4. The third-order valence-electron chi connectivity index (χ3n) is 14.0. The van der Waals surface area contributed by atoms with Crippen molar-refractivity contribution in [3.8, 4) is 33.4 Å². The van der Waals surface area contributed by atoms with Crippen molar-refractivity contribution in [1.29, 1.82) is 0 Å². The van der Waals surface area contributed by atoms with Gasteiger partial charge in [0.25, 0.3) is 0 Å². The second-order valence-electron chi connectivity index (χ2n) is 17.7. The molecule has 2 aliphatic carbocycles. The van der Waals surface area contributed by atoms with Crippen LogP contribution in [-0.4, -0.2) is 9.52 Å². The van der Waals surface area contributed by atoms with Crippen LogP contribution < -0.4 is 13.6 Å². The van der Waals surface area contributed by atoms with E-state index in [9.17, 15) is 17.0 Å². The predicted molar refractivity (Wildman–Crippen MR) is 254 cm³/mol. The Kier molecular flexibility index (Phi) is 10.2. The van der Waals surface area contributed by atoms with Crippen LogP contribution in [0.2, 0.25) is 0 Å². The van der Waals surface area contributed by atoms with Crippen molar-refractivity contribution in [2.45, 2.75) is 88.3 Å². The van der Waals surface area contributed by atoms with Gasteiger partial charge in [0, 0.05) is 0 Å². The molecule has 6 aromatic carbocycles. The summed E-state index contributed by atoms with van der Waals surface area (Å²) in [5, 5.41) is 2.98. The molecule has 1 aliphatic heterocycles. The molecule has 293 valence electrons. The van der Waals surface area contributed by atoms with Crippen molar-refractivity contribution in [2.24, 2.45) is 0 Å². The Morgan fingerprint density at radius 3 is 1.50 bits per heavy atom. The molecule has 58 heavy (non-hydrogen) atoms. The number of fused-ring (bicyclic) bond motifs is 5. The number of allylic oxidation sites excluding steroid dienone is 2. The van der Waals surface area contributed by atoms with E-state index in [0.29, 0.717) is 0 Å². The van der Waals surface area contributed by atoms with Gasteiger partial charge in [-0.25, -0.2) is 0 Å². The van der Waals surface area contributed by atoms with Crippen molar-refractivity contribution in [1.82, 2.24) is 0 Å². The van der Waals surface area contributed by atoms with Gasteiger partial charge in [0.15, 0.2) is 0 Å². The molecular formula is C54H55Cl2SiZr. The normalized spacial score (nSPS) is 17.7. The van der Waals surface area contributed by atoms with Gasteiger partial charge in [-0.05, 0) is 0 Å². The van der Waals surface area contributed by atoms with Crippen LogP contribution in [-0.2, 0) is 16.4 Å². The quantitative estimate of drug-likeness (QED) is 0.127. The fourth-order valence-corrected chi connectivity index (χ4v) is 39.4. The average molecular weight is 894 g/mol. The predicted octanol–water partition coefficient (Wildman–Crippen LogP) is 13.5. The molecule has 0 nitrogen and oxygen atoms in total. The molecule has 4 heteroatoms. The maximum absolute atomic E-state index is 9.35. The van der Waals surface area contributed by atoms with Gasteiger partial charge in [-0.1, -0.05) is 0 Å². The molecule has 2 unspecified atom stereocenters. The number of rotatable bonds is 9. The summed E-state index contributed by atoms with van der Waals surface area (Å²) in [4.78, 5) is 0. The zero-order valence-corrected chi connectivity index (χ0v) is 40.8. The molecule has 0 fully saturated rings. The summed E-state index contributed by atoms with van der Waals surface area (Å²) in [6, 6.07) is 39.5. The van der Waals surface area contributed by atoms with Crippen LogP contribution in [0.5, 0.6) is 0 Å². The molecular weight excluding hydrogens is 839 g/mol. The molecule has 1 heterocycles. The third kappa shape index (κ3) is 6.06. The van der Waals surface area contributed by atoms with Gasteiger partial charge in [0.2, 0.25) is 0 Å².